The van der Waals surface area contributed by atoms with Gasteiger partial charge in [0.25, 0.3) is 0 Å². The lowest BCUT2D eigenvalue weighted by Crippen LogP contribution is -2.55. The molecule has 0 amide bonds. The molecular weight excluding hydrogens is 829 g/mol. The van der Waals surface area contributed by atoms with E-state index in [1.807, 2.05) is 44.2 Å². The lowest BCUT2D eigenvalue weighted by molar-refractivity contribution is -0.0173. The van der Waals surface area contributed by atoms with Crippen LogP contribution in [0.4, 0.5) is 20.2 Å². The van der Waals surface area contributed by atoms with E-state index in [9.17, 15) is 14.6 Å². The van der Waals surface area contributed by atoms with Crippen molar-refractivity contribution in [1.82, 2.24) is 19.7 Å². The number of phenols is 1. The molecule has 2 aromatic heterocycles. The Morgan fingerprint density at radius 1 is 0.844 bits per heavy atom. The van der Waals surface area contributed by atoms with Crippen LogP contribution in [0.3, 0.4) is 0 Å². The number of hydrogen-bond acceptors (Lipinski definition) is 10. The molecule has 2 N–H and O–H groups in total. The number of benzene rings is 4. The number of piperazine rings is 1. The number of fused-ring (bicyclic) bond motifs is 4. The van der Waals surface area contributed by atoms with E-state index in [-0.39, 0.29) is 35.3 Å². The highest BCUT2D eigenvalue weighted by atomic mass is 32.1. The van der Waals surface area contributed by atoms with E-state index >= 15 is 4.39 Å². The van der Waals surface area contributed by atoms with Crippen molar-refractivity contribution in [1.29, 1.82) is 0 Å². The van der Waals surface area contributed by atoms with E-state index in [1.165, 1.54) is 6.07 Å². The van der Waals surface area contributed by atoms with E-state index in [0.29, 0.717) is 43.8 Å². The van der Waals surface area contributed by atoms with Crippen molar-refractivity contribution in [2.24, 2.45) is 4.99 Å². The zero-order valence-electron chi connectivity index (χ0n) is 37.1. The van der Waals surface area contributed by atoms with Crippen molar-refractivity contribution in [3.63, 3.8) is 0 Å². The first kappa shape index (κ1) is 42.3. The summed E-state index contributed by atoms with van der Waals surface area (Å²) in [5, 5.41) is 31.9. The molecule has 10 rings (SSSR count). The predicted octanol–water partition coefficient (Wildman–Crippen LogP) is 9.17. The molecule has 0 radical (unpaired) electrons. The molecule has 5 heterocycles. The maximum absolute atomic E-state index is 16.3. The fraction of sp³-hybridized carbons (Fsp3) is 0.392. The number of β-amino-alcohol motifs (C(OH)–C–C–N with tert-alkyl or cyclic N) is 1. The number of aromatic hydroxyl groups is 1. The number of halogens is 2. The highest BCUT2D eigenvalue weighted by Crippen LogP contribution is 2.50. The van der Waals surface area contributed by atoms with Gasteiger partial charge in [-0.1, -0.05) is 24.3 Å². The van der Waals surface area contributed by atoms with Crippen LogP contribution in [-0.2, 0) is 6.42 Å². The maximum Gasteiger partial charge on any atom is 0.162 e. The van der Waals surface area contributed by atoms with Crippen LogP contribution in [0, 0.1) is 32.4 Å². The molecule has 3 atom stereocenters. The predicted molar refractivity (Wildman–Crippen MR) is 249 cm³/mol. The number of phenolic OH excluding ortho intramolecular Hbond substituents is 1. The summed E-state index contributed by atoms with van der Waals surface area (Å²) in [4.78, 5) is 13.1. The summed E-state index contributed by atoms with van der Waals surface area (Å²) in [6.07, 6.45) is 2.81. The summed E-state index contributed by atoms with van der Waals surface area (Å²) < 4.78 is 39.0. The first-order valence-electron chi connectivity index (χ1n) is 22.5. The van der Waals surface area contributed by atoms with Crippen LogP contribution in [0.25, 0.3) is 5.00 Å². The molecule has 2 saturated heterocycles. The van der Waals surface area contributed by atoms with Crippen molar-refractivity contribution in [3.05, 3.63) is 146 Å². The molecule has 4 aliphatic rings. The van der Waals surface area contributed by atoms with Gasteiger partial charge in [0.1, 0.15) is 40.0 Å². The Hall–Kier alpha value is -5.63. The topological polar surface area (TPSA) is 102 Å². The summed E-state index contributed by atoms with van der Waals surface area (Å²) in [6.45, 7) is 13.2. The molecule has 10 nitrogen and oxygen atoms in total. The minimum absolute atomic E-state index is 0.0470. The van der Waals surface area contributed by atoms with Crippen molar-refractivity contribution >= 4 is 28.4 Å². The molecule has 332 valence electrons. The molecule has 64 heavy (non-hydrogen) atoms. The minimum atomic E-state index is -0.833. The third kappa shape index (κ3) is 7.64. The normalized spacial score (nSPS) is 20.9. The second-order valence-corrected chi connectivity index (χ2v) is 19.4. The number of anilines is 2. The smallest absolute Gasteiger partial charge is 0.162 e. The van der Waals surface area contributed by atoms with Crippen LogP contribution in [0.2, 0.25) is 0 Å². The van der Waals surface area contributed by atoms with Crippen molar-refractivity contribution in [2.45, 2.75) is 76.9 Å². The standard InChI is InChI=1S/C51H55F2N7O3S/c1-30-32(3)64-50-46(30)48(54-31(2)49-56-55-33(4)60(49)50)42-14-10-37(27-44(42)53)58-19-17-51(62,18-20-58)29-57-21-23-59(24-22-57)38-11-15-43(45(28-38)63-5)47-40(34-7-6-8-36(52)25-34)13-9-35-26-39(61)12-16-41(35)47/h6-8,10-12,14-16,25-28,31,40,47,61-62H,9,13,17-24,29H2,1-5H3/t31-,40?,47?/m0/s1. The Kier molecular flexibility index (Phi) is 11.1. The highest BCUT2D eigenvalue weighted by molar-refractivity contribution is 7.15. The van der Waals surface area contributed by atoms with Crippen LogP contribution in [0.5, 0.6) is 11.5 Å². The van der Waals surface area contributed by atoms with Crippen LogP contribution < -0.4 is 14.5 Å². The van der Waals surface area contributed by atoms with Crippen molar-refractivity contribution < 1.29 is 23.7 Å². The third-order valence-corrected chi connectivity index (χ3v) is 15.5. The van der Waals surface area contributed by atoms with Gasteiger partial charge < -0.3 is 24.7 Å². The number of aryl methyl sites for hydroxylation is 3. The van der Waals surface area contributed by atoms with Gasteiger partial charge in [0.15, 0.2) is 5.82 Å². The number of rotatable bonds is 8. The fourth-order valence-electron chi connectivity index (χ4n) is 10.7. The lowest BCUT2D eigenvalue weighted by Gasteiger charge is -2.44. The van der Waals surface area contributed by atoms with Gasteiger partial charge in [0.2, 0.25) is 0 Å². The zero-order chi connectivity index (χ0) is 44.4. The summed E-state index contributed by atoms with van der Waals surface area (Å²) in [5.41, 5.74) is 8.45. The summed E-state index contributed by atoms with van der Waals surface area (Å²) in [7, 11) is 1.71. The second kappa shape index (κ2) is 16.7. The first-order valence-corrected chi connectivity index (χ1v) is 23.3. The number of thiophene rings is 1. The maximum atomic E-state index is 16.3. The molecule has 1 aliphatic carbocycles. The van der Waals surface area contributed by atoms with Gasteiger partial charge in [-0.25, -0.2) is 8.78 Å². The van der Waals surface area contributed by atoms with Gasteiger partial charge in [-0.05, 0) is 130 Å². The van der Waals surface area contributed by atoms with Gasteiger partial charge in [-0.15, -0.1) is 21.5 Å². The average Bonchev–Trinajstić information content (AvgIpc) is 3.78. The zero-order valence-corrected chi connectivity index (χ0v) is 37.9. The Labute approximate surface area is 377 Å². The minimum Gasteiger partial charge on any atom is -0.508 e. The largest absolute Gasteiger partial charge is 0.508 e. The number of ether oxygens (including phenoxy) is 1. The molecule has 0 bridgehead atoms. The van der Waals surface area contributed by atoms with Gasteiger partial charge in [0.05, 0.1) is 18.4 Å². The van der Waals surface area contributed by atoms with E-state index in [1.54, 1.807) is 42.7 Å². The Bertz CT molecular complexity index is 2770. The van der Waals surface area contributed by atoms with E-state index in [2.05, 4.69) is 61.5 Å². The summed E-state index contributed by atoms with van der Waals surface area (Å²) in [6, 6.07) is 24.2. The molecule has 2 unspecified atom stereocenters. The first-order chi connectivity index (χ1) is 30.9. The number of nitrogens with zero attached hydrogens (tertiary/aromatic N) is 7. The Balaban J connectivity index is 0.791. The van der Waals surface area contributed by atoms with Crippen molar-refractivity contribution in [2.75, 3.05) is 62.7 Å². The third-order valence-electron chi connectivity index (χ3n) is 14.3. The lowest BCUT2D eigenvalue weighted by atomic mass is 9.69. The number of aromatic nitrogens is 3. The summed E-state index contributed by atoms with van der Waals surface area (Å²) >= 11 is 1.66. The van der Waals surface area contributed by atoms with Gasteiger partial charge >= 0.3 is 0 Å². The van der Waals surface area contributed by atoms with Crippen LogP contribution in [-0.4, -0.2) is 94.1 Å². The molecule has 6 aromatic rings. The summed E-state index contributed by atoms with van der Waals surface area (Å²) in [5.74, 6) is 2.01. The Morgan fingerprint density at radius 3 is 2.33 bits per heavy atom. The number of hydrogen-bond donors (Lipinski definition) is 2. The van der Waals surface area contributed by atoms with Crippen LogP contribution in [0.1, 0.15) is 99.5 Å². The van der Waals surface area contributed by atoms with Crippen molar-refractivity contribution in [3.8, 4) is 16.5 Å². The van der Waals surface area contributed by atoms with Crippen LogP contribution in [0.15, 0.2) is 83.9 Å². The second-order valence-electron chi connectivity index (χ2n) is 18.2. The quantitative estimate of drug-likeness (QED) is 0.156. The van der Waals surface area contributed by atoms with E-state index < -0.39 is 5.60 Å². The average molecular weight is 884 g/mol. The molecule has 2 fully saturated rings. The molecule has 4 aromatic carbocycles. The number of aliphatic imine (C=N–C) groups is 1. The van der Waals surface area contributed by atoms with E-state index in [4.69, 9.17) is 9.73 Å². The number of methoxy groups -OCH3 is 1. The molecule has 13 heteroatoms. The van der Waals surface area contributed by atoms with Gasteiger partial charge in [-0.2, -0.15) is 0 Å². The highest BCUT2D eigenvalue weighted by Gasteiger charge is 2.38. The molecule has 3 aliphatic heterocycles. The van der Waals surface area contributed by atoms with Crippen LogP contribution >= 0.6 is 11.3 Å². The molecule has 0 spiro atoms. The van der Waals surface area contributed by atoms with E-state index in [0.717, 1.165) is 111 Å². The number of piperidine rings is 1. The van der Waals surface area contributed by atoms with Gasteiger partial charge in [0, 0.05) is 90.7 Å². The Morgan fingerprint density at radius 2 is 1.58 bits per heavy atom. The SMILES string of the molecule is COc1cc(N2CCN(CC3(O)CCN(c4ccc(C5=N[C@@H](C)c6nnc(C)n6-c6sc(C)c(C)c65)c(F)c4)CC3)CC2)ccc1C1c2ccc(O)cc2CCC1c1cccc(F)c1. The van der Waals surface area contributed by atoms with Gasteiger partial charge in [-0.3, -0.25) is 14.5 Å². The number of aliphatic hydroxyl groups is 1. The fourth-order valence-corrected chi connectivity index (χ4v) is 11.9. The monoisotopic (exact) mass is 883 g/mol. The molecule has 0 saturated carbocycles. The molecular formula is C51H55F2N7O3S.